The maximum Gasteiger partial charge on any atom is 0.0760 e. The normalized spacial score (nSPS) is 25.8. The van der Waals surface area contributed by atoms with Crippen LogP contribution in [0.1, 0.15) is 0 Å². The van der Waals surface area contributed by atoms with Gasteiger partial charge in [0.25, 0.3) is 0 Å². The molecule has 0 aliphatic carbocycles. The molecule has 1 saturated heterocycles. The smallest absolute Gasteiger partial charge is 0.0760 e. The minimum absolute atomic E-state index is 0.0972. The molecule has 0 spiro atoms. The molecule has 1 aliphatic heterocycles. The van der Waals surface area contributed by atoms with E-state index in [9.17, 15) is 0 Å². The predicted molar refractivity (Wildman–Crippen MR) is 22.8 cm³/mol. The van der Waals surface area contributed by atoms with E-state index >= 15 is 0 Å². The standard InChI is InChI=1S/C3H5OS/c4-3-1-5-2-3/h1,3-4H,2H2. The first-order valence-corrected chi connectivity index (χ1v) is 2.57. The maximum absolute atomic E-state index is 8.37. The minimum atomic E-state index is -0.0972. The zero-order valence-corrected chi connectivity index (χ0v) is 3.53. The molecule has 1 aliphatic rings. The lowest BCUT2D eigenvalue weighted by Gasteiger charge is -2.16. The molecule has 0 aromatic heterocycles. The SMILES string of the molecule is OC1[CH]SC1. The van der Waals surface area contributed by atoms with E-state index in [1.807, 2.05) is 5.75 Å². The van der Waals surface area contributed by atoms with Crippen LogP contribution in [-0.4, -0.2) is 17.0 Å². The highest BCUT2D eigenvalue weighted by molar-refractivity contribution is 8.02. The molecule has 5 heavy (non-hydrogen) atoms. The van der Waals surface area contributed by atoms with Gasteiger partial charge < -0.3 is 5.11 Å². The van der Waals surface area contributed by atoms with Gasteiger partial charge in [-0.3, -0.25) is 0 Å². The van der Waals surface area contributed by atoms with Crippen LogP contribution in [0.4, 0.5) is 0 Å². The highest BCUT2D eigenvalue weighted by Gasteiger charge is 2.13. The fourth-order valence-corrected chi connectivity index (χ4v) is 0.547. The minimum Gasteiger partial charge on any atom is -0.391 e. The van der Waals surface area contributed by atoms with Crippen molar-refractivity contribution in [2.45, 2.75) is 6.10 Å². The Labute approximate surface area is 35.4 Å². The molecule has 29 valence electrons. The van der Waals surface area contributed by atoms with E-state index in [2.05, 4.69) is 0 Å². The summed E-state index contributed by atoms with van der Waals surface area (Å²) < 4.78 is 0. The summed E-state index contributed by atoms with van der Waals surface area (Å²) in [5, 5.41) is 8.37. The summed E-state index contributed by atoms with van der Waals surface area (Å²) in [6.07, 6.45) is -0.0972. The first-order valence-electron chi connectivity index (χ1n) is 1.52. The molecule has 0 bridgehead atoms. The van der Waals surface area contributed by atoms with Gasteiger partial charge in [0, 0.05) is 11.5 Å². The molecule has 1 nitrogen and oxygen atoms in total. The fraction of sp³-hybridized carbons (Fsp3) is 0.667. The molecule has 0 saturated carbocycles. The number of thioether (sulfide) groups is 1. The molecule has 0 aromatic carbocycles. The Bertz CT molecular complexity index is 33.9. The highest BCUT2D eigenvalue weighted by atomic mass is 32.2. The third-order valence-corrected chi connectivity index (χ3v) is 1.56. The lowest BCUT2D eigenvalue weighted by molar-refractivity contribution is 0.233. The van der Waals surface area contributed by atoms with Gasteiger partial charge in [-0.15, -0.1) is 0 Å². The topological polar surface area (TPSA) is 20.2 Å². The average Bonchev–Trinajstić information content (AvgIpc) is 1.30. The largest absolute Gasteiger partial charge is 0.391 e. The lowest BCUT2D eigenvalue weighted by Crippen LogP contribution is -2.17. The Morgan fingerprint density at radius 1 is 2.00 bits per heavy atom. The van der Waals surface area contributed by atoms with Crippen molar-refractivity contribution < 1.29 is 5.11 Å². The van der Waals surface area contributed by atoms with Gasteiger partial charge in [0.1, 0.15) is 0 Å². The van der Waals surface area contributed by atoms with E-state index in [4.69, 9.17) is 5.11 Å². The van der Waals surface area contributed by atoms with Crippen molar-refractivity contribution in [3.63, 3.8) is 0 Å². The number of rotatable bonds is 0. The third kappa shape index (κ3) is 0.578. The van der Waals surface area contributed by atoms with Crippen LogP contribution < -0.4 is 0 Å². The molecule has 2 heteroatoms. The second-order valence-electron chi connectivity index (χ2n) is 1.04. The van der Waals surface area contributed by atoms with Crippen LogP contribution in [0, 0.1) is 5.75 Å². The molecule has 1 radical (unpaired) electrons. The first kappa shape index (κ1) is 3.50. The maximum atomic E-state index is 8.37. The van der Waals surface area contributed by atoms with E-state index in [-0.39, 0.29) is 6.10 Å². The van der Waals surface area contributed by atoms with Gasteiger partial charge in [-0.05, 0) is 0 Å². The summed E-state index contributed by atoms with van der Waals surface area (Å²) in [6, 6.07) is 0. The summed E-state index contributed by atoms with van der Waals surface area (Å²) in [5.74, 6) is 2.72. The lowest BCUT2D eigenvalue weighted by atomic mass is 10.5. The fourth-order valence-electron chi connectivity index (χ4n) is 0.182. The van der Waals surface area contributed by atoms with Crippen LogP contribution in [0.2, 0.25) is 0 Å². The van der Waals surface area contributed by atoms with Crippen molar-refractivity contribution in [2.75, 3.05) is 5.75 Å². The Kier molecular flexibility index (Phi) is 0.830. The van der Waals surface area contributed by atoms with Crippen LogP contribution in [0.3, 0.4) is 0 Å². The zero-order chi connectivity index (χ0) is 3.70. The van der Waals surface area contributed by atoms with Gasteiger partial charge in [0.15, 0.2) is 0 Å². The summed E-state index contributed by atoms with van der Waals surface area (Å²) in [5.41, 5.74) is 0. The Balaban J connectivity index is 2.08. The van der Waals surface area contributed by atoms with Gasteiger partial charge in [-0.1, -0.05) is 0 Å². The molecule has 1 N–H and O–H groups in total. The number of aliphatic hydroxyl groups excluding tert-OH is 1. The van der Waals surface area contributed by atoms with Crippen LogP contribution in [-0.2, 0) is 0 Å². The van der Waals surface area contributed by atoms with Crippen molar-refractivity contribution in [3.8, 4) is 0 Å². The molecule has 0 aromatic rings. The Morgan fingerprint density at radius 3 is 2.40 bits per heavy atom. The predicted octanol–water partition coefficient (Wildman–Crippen LogP) is 0.256. The molecular weight excluding hydrogens is 84.1 g/mol. The van der Waals surface area contributed by atoms with Crippen molar-refractivity contribution in [1.29, 1.82) is 0 Å². The number of hydrogen-bond donors (Lipinski definition) is 1. The van der Waals surface area contributed by atoms with Gasteiger partial charge in [-0.25, -0.2) is 0 Å². The van der Waals surface area contributed by atoms with Crippen molar-refractivity contribution >= 4 is 11.8 Å². The summed E-state index contributed by atoms with van der Waals surface area (Å²) >= 11 is 1.67. The van der Waals surface area contributed by atoms with Gasteiger partial charge in [0.2, 0.25) is 0 Å². The second kappa shape index (κ2) is 1.19. The molecule has 1 unspecified atom stereocenters. The molecule has 1 heterocycles. The average molecular weight is 89.1 g/mol. The number of hydrogen-bond acceptors (Lipinski definition) is 2. The Hall–Kier alpha value is 0.310. The number of aliphatic hydroxyl groups is 1. The van der Waals surface area contributed by atoms with Gasteiger partial charge in [-0.2, -0.15) is 11.8 Å². The van der Waals surface area contributed by atoms with Crippen molar-refractivity contribution in [3.05, 3.63) is 5.75 Å². The third-order valence-electron chi connectivity index (χ3n) is 0.520. The molecule has 1 rings (SSSR count). The Morgan fingerprint density at radius 2 is 2.40 bits per heavy atom. The molecule has 1 fully saturated rings. The van der Waals surface area contributed by atoms with Crippen LogP contribution >= 0.6 is 11.8 Å². The van der Waals surface area contributed by atoms with E-state index in [0.717, 1.165) is 5.75 Å². The highest BCUT2D eigenvalue weighted by Crippen LogP contribution is 2.22. The van der Waals surface area contributed by atoms with Crippen LogP contribution in [0.15, 0.2) is 0 Å². The van der Waals surface area contributed by atoms with Crippen molar-refractivity contribution in [2.24, 2.45) is 0 Å². The monoisotopic (exact) mass is 89.0 g/mol. The van der Waals surface area contributed by atoms with E-state index in [1.165, 1.54) is 0 Å². The second-order valence-corrected chi connectivity index (χ2v) is 1.98. The molecular formula is C3H5OS. The summed E-state index contributed by atoms with van der Waals surface area (Å²) in [7, 11) is 0. The van der Waals surface area contributed by atoms with E-state index in [1.54, 1.807) is 11.8 Å². The molecule has 1 atom stereocenters. The summed E-state index contributed by atoms with van der Waals surface area (Å²) in [4.78, 5) is 0. The van der Waals surface area contributed by atoms with Crippen LogP contribution in [0.5, 0.6) is 0 Å². The zero-order valence-electron chi connectivity index (χ0n) is 2.72. The van der Waals surface area contributed by atoms with Gasteiger partial charge in [0.05, 0.1) is 6.10 Å². The van der Waals surface area contributed by atoms with E-state index in [0.29, 0.717) is 0 Å². The summed E-state index contributed by atoms with van der Waals surface area (Å²) in [6.45, 7) is 0. The van der Waals surface area contributed by atoms with Crippen LogP contribution in [0.25, 0.3) is 0 Å². The first-order chi connectivity index (χ1) is 2.39. The van der Waals surface area contributed by atoms with Gasteiger partial charge >= 0.3 is 0 Å². The van der Waals surface area contributed by atoms with Crippen molar-refractivity contribution in [1.82, 2.24) is 0 Å². The molecule has 0 amide bonds. The quantitative estimate of drug-likeness (QED) is 0.459. The van der Waals surface area contributed by atoms with E-state index < -0.39 is 0 Å².